The minimum absolute atomic E-state index is 0.103. The summed E-state index contributed by atoms with van der Waals surface area (Å²) in [7, 11) is 1.57. The highest BCUT2D eigenvalue weighted by atomic mass is 32.2. The maximum absolute atomic E-state index is 12.5. The van der Waals surface area contributed by atoms with Gasteiger partial charge >= 0.3 is 0 Å². The number of hydrogen-bond donors (Lipinski definition) is 1. The minimum atomic E-state index is -0.170. The number of rotatable bonds is 7. The SMILES string of the molecule is CCSCc1ccc(C(=O)Nc2ccc(N3CCCC3=O)c(OC)c2)cc1. The molecule has 1 N–H and O–H groups in total. The van der Waals surface area contributed by atoms with E-state index in [1.165, 1.54) is 5.56 Å². The number of methoxy groups -OCH3 is 1. The lowest BCUT2D eigenvalue weighted by Gasteiger charge is -2.19. The van der Waals surface area contributed by atoms with E-state index in [2.05, 4.69) is 12.2 Å². The van der Waals surface area contributed by atoms with Gasteiger partial charge < -0.3 is 15.0 Å². The normalized spacial score (nSPS) is 13.7. The van der Waals surface area contributed by atoms with E-state index >= 15 is 0 Å². The van der Waals surface area contributed by atoms with Crippen molar-refractivity contribution in [1.29, 1.82) is 0 Å². The fraction of sp³-hybridized carbons (Fsp3) is 0.333. The van der Waals surface area contributed by atoms with Crippen LogP contribution in [0, 0.1) is 0 Å². The second kappa shape index (κ2) is 8.95. The number of thioether (sulfide) groups is 1. The number of carbonyl (C=O) groups excluding carboxylic acids is 2. The van der Waals surface area contributed by atoms with Gasteiger partial charge in [0, 0.05) is 36.0 Å². The van der Waals surface area contributed by atoms with E-state index in [1.807, 2.05) is 42.1 Å². The van der Waals surface area contributed by atoms with Gasteiger partial charge in [0.2, 0.25) is 5.91 Å². The van der Waals surface area contributed by atoms with Gasteiger partial charge in [-0.05, 0) is 42.0 Å². The lowest BCUT2D eigenvalue weighted by molar-refractivity contribution is -0.117. The highest BCUT2D eigenvalue weighted by molar-refractivity contribution is 7.98. The molecule has 6 heteroatoms. The summed E-state index contributed by atoms with van der Waals surface area (Å²) in [6.45, 7) is 2.83. The lowest BCUT2D eigenvalue weighted by Crippen LogP contribution is -2.24. The zero-order valence-electron chi connectivity index (χ0n) is 15.7. The van der Waals surface area contributed by atoms with Gasteiger partial charge in [-0.2, -0.15) is 11.8 Å². The highest BCUT2D eigenvalue weighted by Crippen LogP contribution is 2.34. The molecule has 0 radical (unpaired) electrons. The molecule has 1 heterocycles. The molecule has 142 valence electrons. The zero-order valence-corrected chi connectivity index (χ0v) is 16.5. The molecule has 2 aromatic rings. The summed E-state index contributed by atoms with van der Waals surface area (Å²) < 4.78 is 5.44. The topological polar surface area (TPSA) is 58.6 Å². The summed E-state index contributed by atoms with van der Waals surface area (Å²) in [6, 6.07) is 13.0. The molecule has 0 aromatic heterocycles. The highest BCUT2D eigenvalue weighted by Gasteiger charge is 2.24. The molecule has 0 aliphatic carbocycles. The molecule has 0 atom stereocenters. The van der Waals surface area contributed by atoms with Crippen LogP contribution in [0.1, 0.15) is 35.7 Å². The van der Waals surface area contributed by atoms with Gasteiger partial charge in [-0.15, -0.1) is 0 Å². The Balaban J connectivity index is 1.71. The Morgan fingerprint density at radius 2 is 2.00 bits per heavy atom. The maximum Gasteiger partial charge on any atom is 0.255 e. The molecular weight excluding hydrogens is 360 g/mol. The first-order chi connectivity index (χ1) is 13.1. The molecule has 1 aliphatic rings. The van der Waals surface area contributed by atoms with E-state index in [0.29, 0.717) is 30.0 Å². The third-order valence-corrected chi connectivity index (χ3v) is 5.44. The first kappa shape index (κ1) is 19.3. The average Bonchev–Trinajstić information content (AvgIpc) is 3.12. The second-order valence-electron chi connectivity index (χ2n) is 6.32. The van der Waals surface area contributed by atoms with Crippen LogP contribution in [0.25, 0.3) is 0 Å². The van der Waals surface area contributed by atoms with Crippen LogP contribution in [0.3, 0.4) is 0 Å². The third-order valence-electron chi connectivity index (χ3n) is 4.49. The molecule has 0 saturated carbocycles. The van der Waals surface area contributed by atoms with Crippen LogP contribution in [0.5, 0.6) is 5.75 Å². The fourth-order valence-electron chi connectivity index (χ4n) is 3.06. The van der Waals surface area contributed by atoms with Gasteiger partial charge in [0.25, 0.3) is 5.91 Å². The molecular formula is C21H24N2O3S. The first-order valence-corrected chi connectivity index (χ1v) is 10.2. The molecule has 0 spiro atoms. The molecule has 3 rings (SSSR count). The summed E-state index contributed by atoms with van der Waals surface area (Å²) in [6.07, 6.45) is 1.42. The van der Waals surface area contributed by atoms with Gasteiger partial charge in [0.1, 0.15) is 5.75 Å². The number of nitrogens with one attached hydrogen (secondary N) is 1. The molecule has 2 amide bonds. The van der Waals surface area contributed by atoms with Crippen LogP contribution < -0.4 is 15.0 Å². The Labute approximate surface area is 164 Å². The van der Waals surface area contributed by atoms with E-state index in [1.54, 1.807) is 24.1 Å². The van der Waals surface area contributed by atoms with Crippen molar-refractivity contribution in [3.8, 4) is 5.75 Å². The van der Waals surface area contributed by atoms with Gasteiger partial charge in [-0.1, -0.05) is 19.1 Å². The molecule has 1 aliphatic heterocycles. The largest absolute Gasteiger partial charge is 0.494 e. The van der Waals surface area contributed by atoms with Crippen LogP contribution in [-0.2, 0) is 10.5 Å². The van der Waals surface area contributed by atoms with Crippen molar-refractivity contribution in [1.82, 2.24) is 0 Å². The van der Waals surface area contributed by atoms with Gasteiger partial charge in [-0.25, -0.2) is 0 Å². The van der Waals surface area contributed by atoms with E-state index in [9.17, 15) is 9.59 Å². The Kier molecular flexibility index (Phi) is 6.40. The van der Waals surface area contributed by atoms with Crippen molar-refractivity contribution in [3.05, 3.63) is 53.6 Å². The molecule has 27 heavy (non-hydrogen) atoms. The van der Waals surface area contributed by atoms with Crippen LogP contribution in [-0.4, -0.2) is 31.2 Å². The number of carbonyl (C=O) groups is 2. The molecule has 0 bridgehead atoms. The van der Waals surface area contributed by atoms with Crippen molar-refractivity contribution in [2.24, 2.45) is 0 Å². The summed E-state index contributed by atoms with van der Waals surface area (Å²) >= 11 is 1.85. The Morgan fingerprint density at radius 1 is 1.22 bits per heavy atom. The van der Waals surface area contributed by atoms with E-state index in [0.717, 1.165) is 23.6 Å². The third kappa shape index (κ3) is 4.63. The molecule has 1 saturated heterocycles. The molecule has 1 fully saturated rings. The summed E-state index contributed by atoms with van der Waals surface area (Å²) in [4.78, 5) is 26.2. The first-order valence-electron chi connectivity index (χ1n) is 9.09. The van der Waals surface area contributed by atoms with Crippen LogP contribution >= 0.6 is 11.8 Å². The standard InChI is InChI=1S/C21H24N2O3S/c1-3-27-14-15-6-8-16(9-7-15)21(25)22-17-10-11-18(19(13-17)26-2)23-12-4-5-20(23)24/h6-11,13H,3-5,12,14H2,1-2H3,(H,22,25). The Hall–Kier alpha value is -2.47. The predicted molar refractivity (Wildman–Crippen MR) is 111 cm³/mol. The van der Waals surface area contributed by atoms with Crippen molar-refractivity contribution in [2.45, 2.75) is 25.5 Å². The maximum atomic E-state index is 12.5. The second-order valence-corrected chi connectivity index (χ2v) is 7.60. The number of benzene rings is 2. The van der Waals surface area contributed by atoms with E-state index < -0.39 is 0 Å². The smallest absolute Gasteiger partial charge is 0.255 e. The number of ether oxygens (including phenoxy) is 1. The van der Waals surface area contributed by atoms with Crippen molar-refractivity contribution in [2.75, 3.05) is 29.6 Å². The number of hydrogen-bond acceptors (Lipinski definition) is 4. The molecule has 2 aromatic carbocycles. The average molecular weight is 385 g/mol. The van der Waals surface area contributed by atoms with Crippen molar-refractivity contribution >= 4 is 35.0 Å². The van der Waals surface area contributed by atoms with Crippen molar-refractivity contribution in [3.63, 3.8) is 0 Å². The molecule has 0 unspecified atom stereocenters. The van der Waals surface area contributed by atoms with Gasteiger partial charge in [0.05, 0.1) is 12.8 Å². The van der Waals surface area contributed by atoms with Crippen molar-refractivity contribution < 1.29 is 14.3 Å². The minimum Gasteiger partial charge on any atom is -0.494 e. The number of anilines is 2. The van der Waals surface area contributed by atoms with Gasteiger partial charge in [0.15, 0.2) is 0 Å². The summed E-state index contributed by atoms with van der Waals surface area (Å²) in [5.74, 6) is 2.54. The summed E-state index contributed by atoms with van der Waals surface area (Å²) in [5.41, 5.74) is 3.20. The fourth-order valence-corrected chi connectivity index (χ4v) is 3.69. The van der Waals surface area contributed by atoms with E-state index in [-0.39, 0.29) is 11.8 Å². The summed E-state index contributed by atoms with van der Waals surface area (Å²) in [5, 5.41) is 2.90. The monoisotopic (exact) mass is 384 g/mol. The number of amides is 2. The number of nitrogens with zero attached hydrogens (tertiary/aromatic N) is 1. The Bertz CT molecular complexity index is 821. The van der Waals surface area contributed by atoms with Crippen LogP contribution in [0.4, 0.5) is 11.4 Å². The van der Waals surface area contributed by atoms with Crippen LogP contribution in [0.2, 0.25) is 0 Å². The van der Waals surface area contributed by atoms with Crippen LogP contribution in [0.15, 0.2) is 42.5 Å². The molecule has 5 nitrogen and oxygen atoms in total. The Morgan fingerprint density at radius 3 is 2.63 bits per heavy atom. The quantitative estimate of drug-likeness (QED) is 0.772. The lowest BCUT2D eigenvalue weighted by atomic mass is 10.1. The van der Waals surface area contributed by atoms with E-state index in [4.69, 9.17) is 4.74 Å². The van der Waals surface area contributed by atoms with Gasteiger partial charge in [-0.3, -0.25) is 9.59 Å². The zero-order chi connectivity index (χ0) is 19.2. The predicted octanol–water partition coefficient (Wildman–Crippen LogP) is 4.33.